The Morgan fingerprint density at radius 3 is 2.52 bits per heavy atom. The molecular formula is C25H33N3O4S. The zero-order valence-electron chi connectivity index (χ0n) is 19.8. The van der Waals surface area contributed by atoms with E-state index in [1.807, 2.05) is 19.9 Å². The van der Waals surface area contributed by atoms with Crippen molar-refractivity contribution in [2.24, 2.45) is 0 Å². The topological polar surface area (TPSA) is 95.6 Å². The van der Waals surface area contributed by atoms with Gasteiger partial charge in [0, 0.05) is 24.3 Å². The third kappa shape index (κ3) is 5.74. The molecule has 33 heavy (non-hydrogen) atoms. The van der Waals surface area contributed by atoms with Crippen LogP contribution in [0.3, 0.4) is 0 Å². The van der Waals surface area contributed by atoms with E-state index in [0.717, 1.165) is 30.4 Å². The number of unbranched alkanes of at least 4 members (excludes halogenated alkanes) is 1. The summed E-state index contributed by atoms with van der Waals surface area (Å²) in [6, 6.07) is 9.45. The van der Waals surface area contributed by atoms with Crippen LogP contribution in [0.15, 0.2) is 41.3 Å². The molecular weight excluding hydrogens is 438 g/mol. The minimum Gasteiger partial charge on any atom is -0.354 e. The number of carbonyl (C=O) groups excluding carboxylic acids is 2. The van der Waals surface area contributed by atoms with Crippen molar-refractivity contribution in [1.82, 2.24) is 10.2 Å². The molecule has 1 atom stereocenters. The maximum atomic E-state index is 13.2. The molecule has 1 saturated heterocycles. The van der Waals surface area contributed by atoms with E-state index in [1.165, 1.54) is 6.07 Å². The van der Waals surface area contributed by atoms with E-state index in [9.17, 15) is 18.0 Å². The number of rotatable bonds is 8. The minimum absolute atomic E-state index is 0.128. The summed E-state index contributed by atoms with van der Waals surface area (Å²) in [5.74, 6) is -0.400. The fourth-order valence-electron chi connectivity index (χ4n) is 4.10. The van der Waals surface area contributed by atoms with Crippen molar-refractivity contribution < 1.29 is 18.0 Å². The third-order valence-corrected chi connectivity index (χ3v) is 7.61. The maximum absolute atomic E-state index is 13.2. The van der Waals surface area contributed by atoms with Gasteiger partial charge in [-0.3, -0.25) is 14.3 Å². The Morgan fingerprint density at radius 1 is 1.06 bits per heavy atom. The quantitative estimate of drug-likeness (QED) is 0.570. The Labute approximate surface area is 196 Å². The fraction of sp³-hybridized carbons (Fsp3) is 0.440. The summed E-state index contributed by atoms with van der Waals surface area (Å²) < 4.78 is 28.7. The minimum atomic E-state index is -3.82. The monoisotopic (exact) mass is 471 g/mol. The van der Waals surface area contributed by atoms with Gasteiger partial charge in [-0.1, -0.05) is 25.5 Å². The molecule has 8 heteroatoms. The van der Waals surface area contributed by atoms with E-state index in [0.29, 0.717) is 36.3 Å². The zero-order chi connectivity index (χ0) is 24.2. The summed E-state index contributed by atoms with van der Waals surface area (Å²) in [5.41, 5.74) is 3.23. The van der Waals surface area contributed by atoms with E-state index >= 15 is 0 Å². The zero-order valence-corrected chi connectivity index (χ0v) is 20.6. The van der Waals surface area contributed by atoms with Crippen molar-refractivity contribution >= 4 is 27.5 Å². The van der Waals surface area contributed by atoms with Crippen LogP contribution in [0.25, 0.3) is 0 Å². The van der Waals surface area contributed by atoms with Crippen LogP contribution < -0.4 is 10.0 Å². The van der Waals surface area contributed by atoms with Crippen LogP contribution in [0.1, 0.15) is 59.7 Å². The average Bonchev–Trinajstić information content (AvgIpc) is 3.25. The highest BCUT2D eigenvalue weighted by atomic mass is 32.2. The van der Waals surface area contributed by atoms with Crippen LogP contribution in [-0.2, 0) is 14.8 Å². The van der Waals surface area contributed by atoms with Crippen molar-refractivity contribution in [1.29, 1.82) is 0 Å². The third-order valence-electron chi connectivity index (χ3n) is 6.09. The predicted molar refractivity (Wildman–Crippen MR) is 130 cm³/mol. The van der Waals surface area contributed by atoms with Gasteiger partial charge in [0.2, 0.25) is 5.91 Å². The first-order valence-electron chi connectivity index (χ1n) is 11.4. The molecule has 0 aliphatic carbocycles. The number of carbonyl (C=O) groups is 2. The fourth-order valence-corrected chi connectivity index (χ4v) is 5.47. The first-order valence-corrected chi connectivity index (χ1v) is 12.9. The molecule has 0 radical (unpaired) electrons. The molecule has 1 unspecified atom stereocenters. The summed E-state index contributed by atoms with van der Waals surface area (Å²) in [6.45, 7) is 8.74. The Kier molecular flexibility index (Phi) is 7.79. The van der Waals surface area contributed by atoms with Gasteiger partial charge in [-0.25, -0.2) is 8.42 Å². The van der Waals surface area contributed by atoms with Gasteiger partial charge in [0.05, 0.1) is 4.90 Å². The Hall–Kier alpha value is -2.87. The number of anilines is 1. The SMILES string of the molecule is CCCCNC(=O)C1CCCN1C(=O)c1cccc(NS(=O)(=O)c2cc(C)c(C)cc2C)c1. The molecule has 1 aliphatic heterocycles. The molecule has 1 heterocycles. The molecule has 0 aromatic heterocycles. The summed E-state index contributed by atoms with van der Waals surface area (Å²) in [7, 11) is -3.82. The van der Waals surface area contributed by atoms with Crippen LogP contribution in [0.4, 0.5) is 5.69 Å². The number of nitrogens with zero attached hydrogens (tertiary/aromatic N) is 1. The molecule has 2 N–H and O–H groups in total. The highest BCUT2D eigenvalue weighted by Gasteiger charge is 2.34. The molecule has 7 nitrogen and oxygen atoms in total. The van der Waals surface area contributed by atoms with Crippen molar-refractivity contribution in [2.75, 3.05) is 17.8 Å². The number of likely N-dealkylation sites (tertiary alicyclic amines) is 1. The number of hydrogen-bond acceptors (Lipinski definition) is 4. The van der Waals surface area contributed by atoms with Crippen LogP contribution in [0.2, 0.25) is 0 Å². The van der Waals surface area contributed by atoms with Crippen molar-refractivity contribution in [3.8, 4) is 0 Å². The van der Waals surface area contributed by atoms with Crippen LogP contribution >= 0.6 is 0 Å². The summed E-state index contributed by atoms with van der Waals surface area (Å²) in [5, 5.41) is 2.91. The maximum Gasteiger partial charge on any atom is 0.262 e. The summed E-state index contributed by atoms with van der Waals surface area (Å²) >= 11 is 0. The van der Waals surface area contributed by atoms with Crippen molar-refractivity contribution in [3.05, 3.63) is 58.7 Å². The molecule has 2 aromatic carbocycles. The van der Waals surface area contributed by atoms with Gasteiger partial charge < -0.3 is 10.2 Å². The Bertz CT molecular complexity index is 1140. The number of hydrogen-bond donors (Lipinski definition) is 2. The lowest BCUT2D eigenvalue weighted by Gasteiger charge is -2.24. The van der Waals surface area contributed by atoms with Crippen LogP contribution in [0.5, 0.6) is 0 Å². The number of sulfonamides is 1. The van der Waals surface area contributed by atoms with E-state index in [2.05, 4.69) is 17.0 Å². The lowest BCUT2D eigenvalue weighted by molar-refractivity contribution is -0.124. The molecule has 2 amide bonds. The molecule has 1 aliphatic rings. The van der Waals surface area contributed by atoms with E-state index < -0.39 is 16.1 Å². The molecule has 1 fully saturated rings. The average molecular weight is 472 g/mol. The van der Waals surface area contributed by atoms with Gasteiger partial charge in [-0.05, 0) is 81.0 Å². The second kappa shape index (κ2) is 10.4. The molecule has 2 aromatic rings. The highest BCUT2D eigenvalue weighted by Crippen LogP contribution is 2.25. The van der Waals surface area contributed by atoms with Gasteiger partial charge in [0.1, 0.15) is 6.04 Å². The van der Waals surface area contributed by atoms with Crippen molar-refractivity contribution in [3.63, 3.8) is 0 Å². The number of aryl methyl sites for hydroxylation is 3. The van der Waals surface area contributed by atoms with Gasteiger partial charge in [-0.15, -0.1) is 0 Å². The highest BCUT2D eigenvalue weighted by molar-refractivity contribution is 7.92. The number of amides is 2. The normalized spacial score (nSPS) is 16.0. The van der Waals surface area contributed by atoms with Crippen LogP contribution in [-0.4, -0.2) is 44.3 Å². The number of benzene rings is 2. The molecule has 178 valence electrons. The second-order valence-corrected chi connectivity index (χ2v) is 10.3. The second-order valence-electron chi connectivity index (χ2n) is 8.69. The van der Waals surface area contributed by atoms with Crippen LogP contribution in [0, 0.1) is 20.8 Å². The predicted octanol–water partition coefficient (Wildman–Crippen LogP) is 3.93. The summed E-state index contributed by atoms with van der Waals surface area (Å²) in [4.78, 5) is 27.5. The smallest absolute Gasteiger partial charge is 0.262 e. The van der Waals surface area contributed by atoms with Gasteiger partial charge in [0.25, 0.3) is 15.9 Å². The summed E-state index contributed by atoms with van der Waals surface area (Å²) in [6.07, 6.45) is 3.27. The van der Waals surface area contributed by atoms with Gasteiger partial charge in [-0.2, -0.15) is 0 Å². The van der Waals surface area contributed by atoms with E-state index in [1.54, 1.807) is 36.1 Å². The van der Waals surface area contributed by atoms with Crippen molar-refractivity contribution in [2.45, 2.75) is 64.3 Å². The lowest BCUT2D eigenvalue weighted by Crippen LogP contribution is -2.46. The van der Waals surface area contributed by atoms with E-state index in [4.69, 9.17) is 0 Å². The Balaban J connectivity index is 1.78. The first kappa shape index (κ1) is 24.8. The standard InChI is InChI=1S/C25H33N3O4S/c1-5-6-12-26-24(29)22-11-8-13-28(22)25(30)20-9-7-10-21(16-20)27-33(31,32)23-15-18(3)17(2)14-19(23)4/h7,9-10,14-16,22,27H,5-6,8,11-13H2,1-4H3,(H,26,29). The lowest BCUT2D eigenvalue weighted by atomic mass is 10.1. The molecule has 0 saturated carbocycles. The molecule has 0 bridgehead atoms. The molecule has 0 spiro atoms. The largest absolute Gasteiger partial charge is 0.354 e. The Morgan fingerprint density at radius 2 is 1.79 bits per heavy atom. The van der Waals surface area contributed by atoms with Gasteiger partial charge >= 0.3 is 0 Å². The van der Waals surface area contributed by atoms with E-state index in [-0.39, 0.29) is 16.7 Å². The van der Waals surface area contributed by atoms with Gasteiger partial charge in [0.15, 0.2) is 0 Å². The molecule has 3 rings (SSSR count). The number of nitrogens with one attached hydrogen (secondary N) is 2. The first-order chi connectivity index (χ1) is 15.6.